The maximum absolute atomic E-state index is 12.9. The molecule has 6 heterocycles. The van der Waals surface area contributed by atoms with Crippen LogP contribution in [-0.2, 0) is 166 Å². The Morgan fingerprint density at radius 3 is 0.975 bits per heavy atom. The molecule has 0 spiro atoms. The van der Waals surface area contributed by atoms with Crippen molar-refractivity contribution in [1.82, 2.24) is 14.2 Å². The molecule has 120 heavy (non-hydrogen) atoms. The van der Waals surface area contributed by atoms with E-state index in [-0.39, 0.29) is 292 Å². The Balaban J connectivity index is 0.0000157. The van der Waals surface area contributed by atoms with Gasteiger partial charge in [-0.25, -0.2) is 71.3 Å². The fraction of sp³-hybridized carbons (Fsp3) is 0.635. The van der Waals surface area contributed by atoms with Crippen LogP contribution >= 0.6 is 0 Å². The van der Waals surface area contributed by atoms with E-state index >= 15 is 0 Å². The topological polar surface area (TPSA) is 606 Å². The molecule has 27 atom stereocenters. The molecule has 6 aliphatic heterocycles. The largest absolute Gasteiger partial charge is 1.00 e. The Kier molecular flexibility index (Phi) is 60.0. The fourth-order valence-corrected chi connectivity index (χ4v) is 15.9. The molecule has 0 aliphatic carbocycles. The first kappa shape index (κ1) is 125. The summed E-state index contributed by atoms with van der Waals surface area (Å²) in [6, 6.07) is 19.1. The smallest absolute Gasteiger partial charge is 0.735 e. The van der Waals surface area contributed by atoms with Crippen LogP contribution in [0.1, 0.15) is 57.2 Å². The summed E-state index contributed by atoms with van der Waals surface area (Å²) in [6.45, 7) is 3.38. The molecule has 6 saturated heterocycles. The zero-order valence-corrected chi connectivity index (χ0v) is 90.8. The first-order chi connectivity index (χ1) is 52.1. The Hall–Kier alpha value is 4.72. The van der Waals surface area contributed by atoms with Crippen LogP contribution in [0, 0.1) is 55.8 Å². The van der Waals surface area contributed by atoms with E-state index in [1.807, 2.05) is 9.44 Å². The SMILES string of the molecule is C#CCCCO[C@@H]1OC(COS(=O)(=O)[O-])[C@H](O[C@@H]2O[CH-][C@H](O[C@@H]3OC(COS(=O)(=O)[O-])[C@H](O[C@@H]4O[CH-][C@H](O[C@@H]5OC(COS(=O)(=O)[O-])[C@H](O[C@@H]6O[CH-][C@H](C)[C@@H](OCc7ccccc7)C6O)[C@H](C)C5NS(=O)(=O)[O-])[C@@H](OCc5ccccc5)C4O)[C@H](C)C3NS(=O)(=O)[O-])[C@@H](OCc3ccccc3)C2O)[C@H](C)C1NS(=O)(=O)[O-].[Na+].[Na+].[Na+].[Na+].[Na+].[Na+].[Na+].[Na+].[Na+]. The third-order valence-electron chi connectivity index (χ3n) is 18.3. The van der Waals surface area contributed by atoms with Crippen molar-refractivity contribution < 1.29 is 443 Å². The molecule has 9 rings (SSSR count). The number of benzene rings is 3. The molecule has 0 saturated carbocycles. The monoisotopic (exact) mass is 1900 g/mol. The van der Waals surface area contributed by atoms with Crippen molar-refractivity contribution >= 4 is 62.1 Å². The van der Waals surface area contributed by atoms with Gasteiger partial charge in [0.15, 0.2) is 68.7 Å². The molecule has 0 amide bonds. The molecule has 3 aromatic carbocycles. The van der Waals surface area contributed by atoms with Crippen LogP contribution in [0.15, 0.2) is 91.0 Å². The van der Waals surface area contributed by atoms with Crippen LogP contribution in [-0.4, -0.2) is 261 Å². The van der Waals surface area contributed by atoms with Crippen molar-refractivity contribution in [1.29, 1.82) is 0 Å². The van der Waals surface area contributed by atoms with Crippen molar-refractivity contribution in [2.24, 2.45) is 23.7 Å². The van der Waals surface area contributed by atoms with E-state index in [1.165, 1.54) is 20.5 Å². The van der Waals surface area contributed by atoms with Gasteiger partial charge in [-0.05, 0) is 35.3 Å². The third-order valence-corrected chi connectivity index (χ3v) is 21.3. The summed E-state index contributed by atoms with van der Waals surface area (Å²) in [6.07, 6.45) is -31.8. The molecule has 9 unspecified atom stereocenters. The van der Waals surface area contributed by atoms with Gasteiger partial charge < -0.3 is 114 Å². The second-order valence-corrected chi connectivity index (χ2v) is 32.9. The minimum absolute atomic E-state index is 0. The number of terminal acetylenes is 1. The second kappa shape index (κ2) is 57.7. The molecule has 57 heteroatoms. The Bertz CT molecular complexity index is 4230. The fourth-order valence-electron chi connectivity index (χ4n) is 13.0. The minimum Gasteiger partial charge on any atom is -0.735 e. The van der Waals surface area contributed by atoms with E-state index in [0.717, 1.165) is 20.1 Å². The van der Waals surface area contributed by atoms with Crippen LogP contribution < -0.4 is 280 Å². The Morgan fingerprint density at radius 1 is 0.392 bits per heavy atom. The summed E-state index contributed by atoms with van der Waals surface area (Å²) in [5.41, 5.74) is 1.56. The van der Waals surface area contributed by atoms with E-state index in [2.05, 4.69) is 18.5 Å². The molecule has 0 bridgehead atoms. The average molecular weight is 1900 g/mol. The molecule has 0 aromatic heterocycles. The van der Waals surface area contributed by atoms with Crippen LogP contribution in [0.4, 0.5) is 0 Å². The van der Waals surface area contributed by atoms with Crippen LogP contribution in [0.3, 0.4) is 0 Å². The maximum Gasteiger partial charge on any atom is 1.00 e. The summed E-state index contributed by atoms with van der Waals surface area (Å²) < 4.78 is 332. The van der Waals surface area contributed by atoms with E-state index in [9.17, 15) is 93.1 Å². The molecular weight excluding hydrogens is 1820 g/mol. The van der Waals surface area contributed by atoms with Gasteiger partial charge >= 0.3 is 266 Å². The molecule has 3 aromatic rings. The van der Waals surface area contributed by atoms with Crippen molar-refractivity contribution in [3.05, 3.63) is 128 Å². The molecule has 0 radical (unpaired) electrons. The maximum atomic E-state index is 12.9. The van der Waals surface area contributed by atoms with Crippen LogP contribution in [0.5, 0.6) is 0 Å². The standard InChI is InChI=1S/C63H88N3O39S6.9Na/c1-6-7-17-24-88-58-46(64-106(70,71)72)35(3)53(43(98-58)31-95-109(79,80)81)104-62-50(68)56(90-27-39-20-13-9-14-21-39)41(29-93-62)100-60-48(66-108(76,77)78)37(5)55(45(102-60)33-97-111(85,86)87)105-63-51(69)57(91-28-40-22-15-10-16-23-40)42(30-94-63)99-59-47(65-107(73,74)75)36(4)54(44(101-59)32-96-110(82,83)84)103-61-49(67)52(34(2)25-92-61)89-26-38-18-11-8-12-19-38;;;;;;;;;/h1,8-16,18-23,25,29-30,34-37,41-69H,7,17,24,26-28,31-33H2,2-5H3,(H,70,71,72)(H,73,74,75)(H,76,77,78)(H,79,80,81)(H,82,83,84)(H,85,86,87);;;;;;;;;/q-3;9*+1/p-6/t34-,35+,36+,37+,41-,42-,43?,44?,45?,46?,47?,48?,49?,50?,51?,52+,53+,54+,55+,56+,57+,58+,59+,60+,61-,62-,63-;;;;;;;;;/m0........./s1. The van der Waals surface area contributed by atoms with Gasteiger partial charge in [0, 0.05) is 24.2 Å². The third kappa shape index (κ3) is 39.8. The number of hydrogen-bond donors (Lipinski definition) is 6. The summed E-state index contributed by atoms with van der Waals surface area (Å²) in [5.74, 6) is -2.69. The average Bonchev–Trinajstić information content (AvgIpc) is 0.777. The van der Waals surface area contributed by atoms with Gasteiger partial charge in [0.2, 0.25) is 31.2 Å². The molecule has 6 N–H and O–H groups in total. The molecule has 42 nitrogen and oxygen atoms in total. The number of ether oxygens (including phenoxy) is 15. The van der Waals surface area contributed by atoms with Gasteiger partial charge in [-0.2, -0.15) is 13.2 Å². The Morgan fingerprint density at radius 2 is 0.675 bits per heavy atom. The molecule has 628 valence electrons. The van der Waals surface area contributed by atoms with Gasteiger partial charge in [-0.1, -0.05) is 119 Å². The van der Waals surface area contributed by atoms with Crippen molar-refractivity contribution in [3.63, 3.8) is 0 Å². The van der Waals surface area contributed by atoms with Gasteiger partial charge in [0.1, 0.15) is 36.6 Å². The summed E-state index contributed by atoms with van der Waals surface area (Å²) in [4.78, 5) is 0. The van der Waals surface area contributed by atoms with Crippen LogP contribution in [0.25, 0.3) is 0 Å². The predicted octanol–water partition coefficient (Wildman–Crippen LogP) is -29.8. The number of hydrogen-bond acceptors (Lipinski definition) is 39. The van der Waals surface area contributed by atoms with Gasteiger partial charge in [0.25, 0.3) is 0 Å². The van der Waals surface area contributed by atoms with Crippen molar-refractivity contribution in [2.45, 2.75) is 202 Å². The summed E-state index contributed by atoms with van der Waals surface area (Å²) >= 11 is 0. The molecular formula is C63H82N3Na9O39S6. The summed E-state index contributed by atoms with van der Waals surface area (Å²) in [5, 5.41) is 36.5. The second-order valence-electron chi connectivity index (χ2n) is 26.3. The summed E-state index contributed by atoms with van der Waals surface area (Å²) in [7, 11) is -33.5. The van der Waals surface area contributed by atoms with E-state index in [0.29, 0.717) is 16.7 Å². The molecule has 6 fully saturated rings. The van der Waals surface area contributed by atoms with Crippen molar-refractivity contribution in [2.75, 3.05) is 26.4 Å². The first-order valence-corrected chi connectivity index (χ1v) is 42.1. The predicted molar refractivity (Wildman–Crippen MR) is 358 cm³/mol. The number of aliphatic hydroxyl groups is 3. The number of aliphatic hydroxyl groups excluding tert-OH is 3. The van der Waals surface area contributed by atoms with Gasteiger partial charge in [-0.15, -0.1) is 18.3 Å². The zero-order chi connectivity index (χ0) is 81.0. The van der Waals surface area contributed by atoms with Gasteiger partial charge in [0.05, 0.1) is 101 Å². The van der Waals surface area contributed by atoms with E-state index in [1.54, 1.807) is 103 Å². The number of unbranched alkanes of at least 4 members (excludes halogenated alkanes) is 1. The number of nitrogens with one attached hydrogen (secondary N) is 3. The van der Waals surface area contributed by atoms with Crippen molar-refractivity contribution in [3.8, 4) is 12.3 Å². The van der Waals surface area contributed by atoms with Gasteiger partial charge in [-0.3, -0.25) is 12.5 Å². The zero-order valence-electron chi connectivity index (χ0n) is 67.9. The quantitative estimate of drug-likeness (QED) is 0.00775. The minimum atomic E-state index is -5.72. The normalized spacial score (nSPS) is 32.9. The molecule has 6 aliphatic rings. The first-order valence-electron chi connectivity index (χ1n) is 33.9. The number of rotatable bonds is 38. The van der Waals surface area contributed by atoms with E-state index in [4.69, 9.17) is 77.5 Å². The van der Waals surface area contributed by atoms with E-state index < -0.39 is 260 Å². The Labute approximate surface area is 897 Å². The van der Waals surface area contributed by atoms with Crippen LogP contribution in [0.2, 0.25) is 0 Å².